The Hall–Kier alpha value is -2.91. The molecule has 3 aromatic carbocycles. The molecule has 3 heteroatoms. The second-order valence-corrected chi connectivity index (χ2v) is 8.72. The standard InChI is InChI=1S/C28H32N2O/c1-22-11-8-9-12-23(22)18-20-30-19-10-17-26(21-30)28(27(29)31,24-13-4-2-5-14-24)25-15-6-3-7-16-25/h2-9,11-16,26H,10,17-21H2,1H3,(H2,29,31). The summed E-state index contributed by atoms with van der Waals surface area (Å²) in [5, 5.41) is 0. The van der Waals surface area contributed by atoms with E-state index in [1.807, 2.05) is 36.4 Å². The van der Waals surface area contributed by atoms with Crippen LogP contribution in [0.5, 0.6) is 0 Å². The predicted molar refractivity (Wildman–Crippen MR) is 127 cm³/mol. The molecule has 0 saturated carbocycles. The number of carbonyl (C=O) groups is 1. The van der Waals surface area contributed by atoms with Gasteiger partial charge in [0.1, 0.15) is 5.41 Å². The Morgan fingerprint density at radius 1 is 0.935 bits per heavy atom. The van der Waals surface area contributed by atoms with Gasteiger partial charge in [-0.25, -0.2) is 0 Å². The summed E-state index contributed by atoms with van der Waals surface area (Å²) in [5.41, 5.74) is 10.2. The summed E-state index contributed by atoms with van der Waals surface area (Å²) in [5.74, 6) is -0.115. The normalized spacial score (nSPS) is 17.4. The number of piperidine rings is 1. The molecular weight excluding hydrogens is 380 g/mol. The third kappa shape index (κ3) is 4.28. The number of likely N-dealkylation sites (tertiary alicyclic amines) is 1. The van der Waals surface area contributed by atoms with Crippen molar-refractivity contribution in [3.63, 3.8) is 0 Å². The third-order valence-corrected chi connectivity index (χ3v) is 6.92. The maximum atomic E-state index is 13.3. The summed E-state index contributed by atoms with van der Waals surface area (Å²) < 4.78 is 0. The van der Waals surface area contributed by atoms with Crippen LogP contribution in [0.3, 0.4) is 0 Å². The van der Waals surface area contributed by atoms with Crippen molar-refractivity contribution in [1.82, 2.24) is 4.90 Å². The molecule has 1 aliphatic rings. The van der Waals surface area contributed by atoms with E-state index in [2.05, 4.69) is 60.4 Å². The van der Waals surface area contributed by atoms with Crippen molar-refractivity contribution < 1.29 is 4.79 Å². The van der Waals surface area contributed by atoms with Gasteiger partial charge >= 0.3 is 0 Å². The fraction of sp³-hybridized carbons (Fsp3) is 0.321. The first-order valence-corrected chi connectivity index (χ1v) is 11.3. The van der Waals surface area contributed by atoms with Gasteiger partial charge in [0.25, 0.3) is 0 Å². The molecule has 4 rings (SSSR count). The Kier molecular flexibility index (Phi) is 6.53. The van der Waals surface area contributed by atoms with Crippen LogP contribution in [0, 0.1) is 12.8 Å². The van der Waals surface area contributed by atoms with E-state index < -0.39 is 5.41 Å². The molecule has 0 bridgehead atoms. The molecular formula is C28H32N2O. The Labute approximate surface area is 185 Å². The van der Waals surface area contributed by atoms with Gasteiger partial charge in [0, 0.05) is 13.1 Å². The van der Waals surface area contributed by atoms with E-state index >= 15 is 0 Å². The highest BCUT2D eigenvalue weighted by Gasteiger charge is 2.48. The fourth-order valence-electron chi connectivity index (χ4n) is 5.31. The molecule has 1 heterocycles. The number of nitrogens with zero attached hydrogens (tertiary/aromatic N) is 1. The number of hydrogen-bond acceptors (Lipinski definition) is 2. The van der Waals surface area contributed by atoms with Crippen LogP contribution in [0.1, 0.15) is 35.1 Å². The molecule has 31 heavy (non-hydrogen) atoms. The van der Waals surface area contributed by atoms with Gasteiger partial charge in [-0.3, -0.25) is 4.79 Å². The number of carbonyl (C=O) groups excluding carboxylic acids is 1. The van der Waals surface area contributed by atoms with Crippen LogP contribution < -0.4 is 5.73 Å². The average molecular weight is 413 g/mol. The van der Waals surface area contributed by atoms with Crippen LogP contribution in [-0.4, -0.2) is 30.4 Å². The lowest BCUT2D eigenvalue weighted by Crippen LogP contribution is -2.53. The zero-order valence-corrected chi connectivity index (χ0v) is 18.3. The van der Waals surface area contributed by atoms with E-state index in [1.54, 1.807) is 0 Å². The summed E-state index contributed by atoms with van der Waals surface area (Å²) >= 11 is 0. The summed E-state index contributed by atoms with van der Waals surface area (Å²) in [7, 11) is 0. The van der Waals surface area contributed by atoms with Crippen LogP contribution in [0.15, 0.2) is 84.9 Å². The lowest BCUT2D eigenvalue weighted by Gasteiger charge is -2.44. The van der Waals surface area contributed by atoms with Crippen LogP contribution in [0.4, 0.5) is 0 Å². The SMILES string of the molecule is Cc1ccccc1CCN1CCCC(C(C(N)=O)(c2ccccc2)c2ccccc2)C1. The molecule has 0 aromatic heterocycles. The molecule has 1 saturated heterocycles. The monoisotopic (exact) mass is 412 g/mol. The van der Waals surface area contributed by atoms with E-state index in [0.29, 0.717) is 0 Å². The minimum atomic E-state index is -0.816. The summed E-state index contributed by atoms with van der Waals surface area (Å²) in [4.78, 5) is 15.8. The first kappa shape index (κ1) is 21.3. The lowest BCUT2D eigenvalue weighted by molar-refractivity contribution is -0.124. The summed E-state index contributed by atoms with van der Waals surface area (Å²) in [6.45, 7) is 5.12. The van der Waals surface area contributed by atoms with Crippen LogP contribution in [0.2, 0.25) is 0 Å². The van der Waals surface area contributed by atoms with E-state index in [1.165, 1.54) is 11.1 Å². The molecule has 160 valence electrons. The van der Waals surface area contributed by atoms with Crippen molar-refractivity contribution >= 4 is 5.91 Å². The van der Waals surface area contributed by atoms with Gasteiger partial charge in [-0.1, -0.05) is 84.9 Å². The summed E-state index contributed by atoms with van der Waals surface area (Å²) in [6, 6.07) is 28.9. The molecule has 1 aliphatic heterocycles. The fourth-order valence-corrected chi connectivity index (χ4v) is 5.31. The van der Waals surface area contributed by atoms with Gasteiger partial charge in [-0.15, -0.1) is 0 Å². The van der Waals surface area contributed by atoms with Gasteiger partial charge in [0.2, 0.25) is 5.91 Å². The van der Waals surface area contributed by atoms with Crippen molar-refractivity contribution in [2.75, 3.05) is 19.6 Å². The number of amides is 1. The smallest absolute Gasteiger partial charge is 0.232 e. The zero-order chi connectivity index (χ0) is 21.7. The van der Waals surface area contributed by atoms with Gasteiger partial charge in [-0.05, 0) is 60.9 Å². The van der Waals surface area contributed by atoms with Crippen LogP contribution in [-0.2, 0) is 16.6 Å². The topological polar surface area (TPSA) is 46.3 Å². The molecule has 1 atom stereocenters. The maximum Gasteiger partial charge on any atom is 0.232 e. The molecule has 3 aromatic rings. The molecule has 1 amide bonds. The van der Waals surface area contributed by atoms with E-state index in [0.717, 1.165) is 50.0 Å². The van der Waals surface area contributed by atoms with Crippen LogP contribution in [0.25, 0.3) is 0 Å². The van der Waals surface area contributed by atoms with Gasteiger partial charge in [0.05, 0.1) is 0 Å². The Morgan fingerprint density at radius 2 is 1.52 bits per heavy atom. The molecule has 0 radical (unpaired) electrons. The number of aryl methyl sites for hydroxylation is 1. The van der Waals surface area contributed by atoms with Crippen molar-refractivity contribution in [1.29, 1.82) is 0 Å². The Morgan fingerprint density at radius 3 is 2.10 bits per heavy atom. The van der Waals surface area contributed by atoms with E-state index in [4.69, 9.17) is 5.73 Å². The third-order valence-electron chi connectivity index (χ3n) is 6.92. The van der Waals surface area contributed by atoms with Crippen molar-refractivity contribution in [3.8, 4) is 0 Å². The van der Waals surface area contributed by atoms with Gasteiger partial charge < -0.3 is 10.6 Å². The molecule has 0 aliphatic carbocycles. The zero-order valence-electron chi connectivity index (χ0n) is 18.3. The second kappa shape index (κ2) is 9.49. The molecule has 1 fully saturated rings. The minimum absolute atomic E-state index is 0.139. The first-order chi connectivity index (χ1) is 15.1. The van der Waals surface area contributed by atoms with E-state index in [9.17, 15) is 4.79 Å². The summed E-state index contributed by atoms with van der Waals surface area (Å²) in [6.07, 6.45) is 3.10. The molecule has 3 nitrogen and oxygen atoms in total. The Balaban J connectivity index is 1.65. The molecule has 1 unspecified atom stereocenters. The first-order valence-electron chi connectivity index (χ1n) is 11.3. The van der Waals surface area contributed by atoms with Gasteiger partial charge in [-0.2, -0.15) is 0 Å². The van der Waals surface area contributed by atoms with Gasteiger partial charge in [0.15, 0.2) is 0 Å². The number of benzene rings is 3. The number of primary amides is 1. The van der Waals surface area contributed by atoms with Crippen LogP contribution >= 0.6 is 0 Å². The maximum absolute atomic E-state index is 13.3. The minimum Gasteiger partial charge on any atom is -0.369 e. The van der Waals surface area contributed by atoms with Crippen molar-refractivity contribution in [2.45, 2.75) is 31.6 Å². The number of nitrogens with two attached hydrogens (primary N) is 1. The lowest BCUT2D eigenvalue weighted by atomic mass is 9.63. The highest BCUT2D eigenvalue weighted by Crippen LogP contribution is 2.43. The van der Waals surface area contributed by atoms with Crippen molar-refractivity contribution in [3.05, 3.63) is 107 Å². The highest BCUT2D eigenvalue weighted by atomic mass is 16.1. The average Bonchev–Trinajstić information content (AvgIpc) is 2.81. The largest absolute Gasteiger partial charge is 0.369 e. The molecule has 0 spiro atoms. The highest BCUT2D eigenvalue weighted by molar-refractivity contribution is 5.91. The Bertz CT molecular complexity index is 960. The predicted octanol–water partition coefficient (Wildman–Crippen LogP) is 4.72. The number of rotatable bonds is 7. The number of hydrogen-bond donors (Lipinski definition) is 1. The molecule has 2 N–H and O–H groups in total. The second-order valence-electron chi connectivity index (χ2n) is 8.72. The van der Waals surface area contributed by atoms with E-state index in [-0.39, 0.29) is 11.8 Å². The van der Waals surface area contributed by atoms with Crippen molar-refractivity contribution in [2.24, 2.45) is 11.7 Å². The quantitative estimate of drug-likeness (QED) is 0.610.